The van der Waals surface area contributed by atoms with E-state index in [2.05, 4.69) is 0 Å². The van der Waals surface area contributed by atoms with E-state index in [-0.39, 0.29) is 23.0 Å². The van der Waals surface area contributed by atoms with Crippen LogP contribution in [0.25, 0.3) is 0 Å². The van der Waals surface area contributed by atoms with Crippen LogP contribution in [0.3, 0.4) is 0 Å². The minimum absolute atomic E-state index is 0.231. The highest BCUT2D eigenvalue weighted by Crippen LogP contribution is 2.29. The number of nitrogens with zero attached hydrogens (tertiary/aromatic N) is 2. The van der Waals surface area contributed by atoms with Crippen molar-refractivity contribution in [1.82, 2.24) is 9.13 Å². The van der Waals surface area contributed by atoms with Gasteiger partial charge in [-0.1, -0.05) is 35.3 Å². The first kappa shape index (κ1) is 22.1. The van der Waals surface area contributed by atoms with Gasteiger partial charge in [-0.15, -0.1) is 0 Å². The molecule has 1 heterocycles. The molecule has 30 heavy (non-hydrogen) atoms. The van der Waals surface area contributed by atoms with E-state index in [1.54, 1.807) is 12.1 Å². The van der Waals surface area contributed by atoms with Gasteiger partial charge in [0.2, 0.25) is 0 Å². The molecule has 0 unspecified atom stereocenters. The first-order valence-electron chi connectivity index (χ1n) is 8.56. The largest absolute Gasteiger partial charge is 0.431 e. The fourth-order valence-corrected chi connectivity index (χ4v) is 3.66. The van der Waals surface area contributed by atoms with Crippen molar-refractivity contribution >= 4 is 23.2 Å². The maximum Gasteiger partial charge on any atom is 0.431 e. The maximum absolute atomic E-state index is 13.2. The van der Waals surface area contributed by atoms with Crippen LogP contribution in [-0.4, -0.2) is 9.13 Å². The van der Waals surface area contributed by atoms with Crippen molar-refractivity contribution in [3.63, 3.8) is 0 Å². The standard InChI is InChI=1S/C20H14Cl2F4N2O2/c1-27-17(20(24,25)26)9-18(29)28(19(27)30)10-12-7-13(21)8-16(22)15(12)6-11-2-4-14(23)5-3-11/h2-5,7-9H,6,10H2,1H3. The van der Waals surface area contributed by atoms with E-state index in [1.165, 1.54) is 24.3 Å². The van der Waals surface area contributed by atoms with E-state index in [9.17, 15) is 27.2 Å². The van der Waals surface area contributed by atoms with Crippen molar-refractivity contribution in [2.45, 2.75) is 19.1 Å². The molecule has 0 saturated carbocycles. The van der Waals surface area contributed by atoms with Gasteiger partial charge in [0.15, 0.2) is 0 Å². The maximum atomic E-state index is 13.2. The molecule has 3 rings (SSSR count). The summed E-state index contributed by atoms with van der Waals surface area (Å²) in [5, 5.41) is 0.480. The van der Waals surface area contributed by atoms with Gasteiger partial charge >= 0.3 is 11.9 Å². The van der Waals surface area contributed by atoms with Crippen molar-refractivity contribution in [1.29, 1.82) is 0 Å². The van der Waals surface area contributed by atoms with Gasteiger partial charge in [-0.25, -0.2) is 9.18 Å². The van der Waals surface area contributed by atoms with Crippen LogP contribution in [0.4, 0.5) is 17.6 Å². The quantitative estimate of drug-likeness (QED) is 0.531. The van der Waals surface area contributed by atoms with Crippen LogP contribution in [0.5, 0.6) is 0 Å². The lowest BCUT2D eigenvalue weighted by Gasteiger charge is -2.16. The van der Waals surface area contributed by atoms with Gasteiger partial charge < -0.3 is 0 Å². The summed E-state index contributed by atoms with van der Waals surface area (Å²) in [4.78, 5) is 24.7. The number of hydrogen-bond donors (Lipinski definition) is 0. The van der Waals surface area contributed by atoms with Crippen molar-refractivity contribution < 1.29 is 17.6 Å². The lowest BCUT2D eigenvalue weighted by atomic mass is 9.99. The van der Waals surface area contributed by atoms with E-state index in [4.69, 9.17) is 23.2 Å². The first-order valence-corrected chi connectivity index (χ1v) is 9.32. The average molecular weight is 461 g/mol. The molecule has 1 aromatic heterocycles. The summed E-state index contributed by atoms with van der Waals surface area (Å²) in [6.45, 7) is -0.333. The molecule has 0 aliphatic heterocycles. The summed E-state index contributed by atoms with van der Waals surface area (Å²) in [6.07, 6.45) is -4.61. The Morgan fingerprint density at radius 2 is 1.63 bits per heavy atom. The predicted octanol–water partition coefficient (Wildman–Crippen LogP) is 4.65. The molecule has 2 aromatic carbocycles. The van der Waals surface area contributed by atoms with Crippen molar-refractivity contribution in [3.8, 4) is 0 Å². The number of hydrogen-bond acceptors (Lipinski definition) is 2. The highest BCUT2D eigenvalue weighted by molar-refractivity contribution is 6.35. The molecule has 0 fully saturated rings. The highest BCUT2D eigenvalue weighted by atomic mass is 35.5. The third-order valence-corrected chi connectivity index (χ3v) is 5.13. The molecule has 0 aliphatic carbocycles. The second-order valence-electron chi connectivity index (χ2n) is 6.62. The molecule has 0 spiro atoms. The lowest BCUT2D eigenvalue weighted by Crippen LogP contribution is -2.42. The number of rotatable bonds is 4. The van der Waals surface area contributed by atoms with Gasteiger partial charge in [-0.3, -0.25) is 13.9 Å². The Hall–Kier alpha value is -2.58. The van der Waals surface area contributed by atoms with E-state index in [0.717, 1.165) is 7.05 Å². The number of alkyl halides is 3. The lowest BCUT2D eigenvalue weighted by molar-refractivity contribution is -0.144. The van der Waals surface area contributed by atoms with Crippen molar-refractivity contribution in [2.75, 3.05) is 0 Å². The minimum atomic E-state index is -4.85. The summed E-state index contributed by atoms with van der Waals surface area (Å²) >= 11 is 12.4. The third kappa shape index (κ3) is 4.60. The zero-order valence-electron chi connectivity index (χ0n) is 15.4. The SMILES string of the molecule is Cn1c(C(F)(F)F)cc(=O)n(Cc2cc(Cl)cc(Cl)c2Cc2ccc(F)cc2)c1=O. The minimum Gasteiger partial charge on any atom is -0.292 e. The molecule has 0 bridgehead atoms. The Morgan fingerprint density at radius 3 is 2.23 bits per heavy atom. The molecule has 0 radical (unpaired) electrons. The summed E-state index contributed by atoms with van der Waals surface area (Å²) in [5.41, 5.74) is -1.97. The smallest absolute Gasteiger partial charge is 0.292 e. The zero-order chi connectivity index (χ0) is 22.2. The molecule has 0 saturated heterocycles. The summed E-state index contributed by atoms with van der Waals surface area (Å²) < 4.78 is 53.3. The molecule has 10 heteroatoms. The van der Waals surface area contributed by atoms with Gasteiger partial charge in [0.1, 0.15) is 11.5 Å². The molecule has 4 nitrogen and oxygen atoms in total. The van der Waals surface area contributed by atoms with Crippen LogP contribution in [0.1, 0.15) is 22.4 Å². The molecule has 158 valence electrons. The number of aromatic nitrogens is 2. The zero-order valence-corrected chi connectivity index (χ0v) is 16.9. The fraction of sp³-hybridized carbons (Fsp3) is 0.200. The van der Waals surface area contributed by atoms with E-state index in [0.29, 0.717) is 31.9 Å². The van der Waals surface area contributed by atoms with E-state index >= 15 is 0 Å². The molecule has 0 atom stereocenters. The number of halogens is 6. The van der Waals surface area contributed by atoms with Crippen LogP contribution >= 0.6 is 23.2 Å². The average Bonchev–Trinajstić information content (AvgIpc) is 2.65. The Balaban J connectivity index is 2.09. The van der Waals surface area contributed by atoms with Gasteiger partial charge in [-0.05, 0) is 47.4 Å². The summed E-state index contributed by atoms with van der Waals surface area (Å²) in [5.74, 6) is -0.416. The van der Waals surface area contributed by atoms with Crippen LogP contribution in [0.2, 0.25) is 10.0 Å². The molecule has 0 N–H and O–H groups in total. The number of benzene rings is 2. The second kappa shape index (κ2) is 8.28. The Labute approximate surface area is 177 Å². The topological polar surface area (TPSA) is 44.0 Å². The second-order valence-corrected chi connectivity index (χ2v) is 7.47. The van der Waals surface area contributed by atoms with Crippen LogP contribution in [0.15, 0.2) is 52.1 Å². The summed E-state index contributed by atoms with van der Waals surface area (Å²) in [6, 6.07) is 8.97. The Morgan fingerprint density at radius 1 is 1.00 bits per heavy atom. The van der Waals surface area contributed by atoms with Crippen LogP contribution < -0.4 is 11.2 Å². The molecule has 0 aliphatic rings. The van der Waals surface area contributed by atoms with Gasteiger partial charge in [0.25, 0.3) is 5.56 Å². The van der Waals surface area contributed by atoms with Crippen LogP contribution in [-0.2, 0) is 26.2 Å². The molecule has 3 aromatic rings. The van der Waals surface area contributed by atoms with E-state index < -0.39 is 28.9 Å². The van der Waals surface area contributed by atoms with Gasteiger partial charge in [0.05, 0.1) is 6.54 Å². The van der Waals surface area contributed by atoms with Crippen LogP contribution in [0, 0.1) is 5.82 Å². The Bertz CT molecular complexity index is 1220. The van der Waals surface area contributed by atoms with E-state index in [1.807, 2.05) is 0 Å². The molecular weight excluding hydrogens is 447 g/mol. The van der Waals surface area contributed by atoms with Gasteiger partial charge in [0, 0.05) is 23.2 Å². The molecule has 0 amide bonds. The fourth-order valence-electron chi connectivity index (χ4n) is 3.06. The monoisotopic (exact) mass is 460 g/mol. The van der Waals surface area contributed by atoms with Crippen molar-refractivity contribution in [3.05, 3.63) is 102 Å². The molecular formula is C20H14Cl2F4N2O2. The van der Waals surface area contributed by atoms with Gasteiger partial charge in [-0.2, -0.15) is 13.2 Å². The first-order chi connectivity index (χ1) is 14.0. The van der Waals surface area contributed by atoms with Crippen molar-refractivity contribution in [2.24, 2.45) is 7.05 Å². The summed E-state index contributed by atoms with van der Waals surface area (Å²) in [7, 11) is 0.936. The highest BCUT2D eigenvalue weighted by Gasteiger charge is 2.35. The normalized spacial score (nSPS) is 11.7. The Kier molecular flexibility index (Phi) is 6.10. The predicted molar refractivity (Wildman–Crippen MR) is 106 cm³/mol. The third-order valence-electron chi connectivity index (χ3n) is 4.57.